The number of aromatic nitrogens is 2. The van der Waals surface area contributed by atoms with Crippen LogP contribution in [-0.4, -0.2) is 45.8 Å². The Labute approximate surface area is 138 Å². The number of rotatable bonds is 5. The molecule has 1 N–H and O–H groups in total. The molecule has 2 heterocycles. The molecule has 0 aromatic carbocycles. The van der Waals surface area contributed by atoms with E-state index in [4.69, 9.17) is 4.74 Å². The lowest BCUT2D eigenvalue weighted by Crippen LogP contribution is -2.39. The van der Waals surface area contributed by atoms with Crippen LogP contribution in [0.2, 0.25) is 0 Å². The minimum Gasteiger partial charge on any atom is -0.444 e. The van der Waals surface area contributed by atoms with Crippen molar-refractivity contribution >= 4 is 6.09 Å². The van der Waals surface area contributed by atoms with Gasteiger partial charge in [0.15, 0.2) is 0 Å². The minimum atomic E-state index is -0.441. The maximum absolute atomic E-state index is 12.0. The fraction of sp³-hybridized carbons (Fsp3) is 0.647. The van der Waals surface area contributed by atoms with Gasteiger partial charge in [-0.25, -0.2) is 9.78 Å². The lowest BCUT2D eigenvalue weighted by molar-refractivity contribution is 0.0265. The molecule has 0 unspecified atom stereocenters. The molecule has 23 heavy (non-hydrogen) atoms. The molecule has 0 atom stereocenters. The van der Waals surface area contributed by atoms with Gasteiger partial charge in [0.1, 0.15) is 11.4 Å². The second-order valence-corrected chi connectivity index (χ2v) is 6.77. The summed E-state index contributed by atoms with van der Waals surface area (Å²) < 4.78 is 7.53. The quantitative estimate of drug-likeness (QED) is 0.847. The van der Waals surface area contributed by atoms with Crippen molar-refractivity contribution in [2.75, 3.05) is 19.6 Å². The zero-order valence-corrected chi connectivity index (χ0v) is 14.6. The Bertz CT molecular complexity index is 557. The molecule has 0 fully saturated rings. The first-order chi connectivity index (χ1) is 10.9. The van der Waals surface area contributed by atoms with Crippen molar-refractivity contribution in [2.24, 2.45) is 0 Å². The number of aryl methyl sites for hydroxylation is 1. The van der Waals surface area contributed by atoms with E-state index in [1.807, 2.05) is 33.2 Å². The Kier molecular flexibility index (Phi) is 5.82. The third-order valence-electron chi connectivity index (χ3n) is 3.73. The molecule has 0 spiro atoms. The van der Waals surface area contributed by atoms with E-state index in [9.17, 15) is 4.79 Å². The fourth-order valence-corrected chi connectivity index (χ4v) is 2.49. The van der Waals surface area contributed by atoms with Crippen molar-refractivity contribution in [1.29, 1.82) is 0 Å². The number of hydrogen-bond acceptors (Lipinski definition) is 4. The van der Waals surface area contributed by atoms with Crippen LogP contribution in [0.15, 0.2) is 24.0 Å². The Balaban J connectivity index is 1.75. The number of nitrogens with one attached hydrogen (secondary N) is 1. The number of nitrogens with zero attached hydrogens (tertiary/aromatic N) is 3. The number of ether oxygens (including phenoxy) is 1. The molecule has 1 aliphatic heterocycles. The van der Waals surface area contributed by atoms with Crippen LogP contribution in [0.4, 0.5) is 4.79 Å². The Morgan fingerprint density at radius 2 is 2.17 bits per heavy atom. The Morgan fingerprint density at radius 3 is 2.78 bits per heavy atom. The molecule has 1 aromatic rings. The van der Waals surface area contributed by atoms with Gasteiger partial charge < -0.3 is 19.5 Å². The second-order valence-electron chi connectivity index (χ2n) is 6.77. The molecule has 2 rings (SSSR count). The summed E-state index contributed by atoms with van der Waals surface area (Å²) in [6.45, 7) is 11.6. The van der Waals surface area contributed by atoms with E-state index in [1.165, 1.54) is 5.57 Å². The third kappa shape index (κ3) is 5.39. The average molecular weight is 320 g/mol. The molecule has 6 nitrogen and oxygen atoms in total. The Hall–Kier alpha value is -1.82. The minimum absolute atomic E-state index is 0.231. The first kappa shape index (κ1) is 17.5. The van der Waals surface area contributed by atoms with Crippen LogP contribution in [-0.2, 0) is 17.8 Å². The summed E-state index contributed by atoms with van der Waals surface area (Å²) >= 11 is 0. The van der Waals surface area contributed by atoms with Crippen LogP contribution in [0.25, 0.3) is 0 Å². The van der Waals surface area contributed by atoms with Gasteiger partial charge in [-0.15, -0.1) is 0 Å². The van der Waals surface area contributed by atoms with Gasteiger partial charge in [0.2, 0.25) is 0 Å². The van der Waals surface area contributed by atoms with Gasteiger partial charge in [0, 0.05) is 38.6 Å². The lowest BCUT2D eigenvalue weighted by Gasteiger charge is -2.29. The predicted molar refractivity (Wildman–Crippen MR) is 90.1 cm³/mol. The molecule has 1 aromatic heterocycles. The highest BCUT2D eigenvalue weighted by Gasteiger charge is 2.23. The number of amides is 1. The monoisotopic (exact) mass is 320 g/mol. The zero-order valence-electron chi connectivity index (χ0n) is 14.6. The van der Waals surface area contributed by atoms with Gasteiger partial charge in [-0.1, -0.05) is 11.6 Å². The summed E-state index contributed by atoms with van der Waals surface area (Å²) in [4.78, 5) is 18.1. The molecular formula is C17H28N4O2. The summed E-state index contributed by atoms with van der Waals surface area (Å²) in [5, 5.41) is 3.43. The van der Waals surface area contributed by atoms with E-state index in [2.05, 4.69) is 27.9 Å². The van der Waals surface area contributed by atoms with Gasteiger partial charge in [-0.05, 0) is 34.1 Å². The topological polar surface area (TPSA) is 59.4 Å². The van der Waals surface area contributed by atoms with Crippen molar-refractivity contribution in [1.82, 2.24) is 19.8 Å². The van der Waals surface area contributed by atoms with Crippen LogP contribution in [0.3, 0.4) is 0 Å². The molecule has 0 aliphatic carbocycles. The molecule has 128 valence electrons. The number of hydrogen-bond donors (Lipinski definition) is 1. The summed E-state index contributed by atoms with van der Waals surface area (Å²) in [6.07, 6.45) is 6.60. The van der Waals surface area contributed by atoms with Crippen molar-refractivity contribution < 1.29 is 9.53 Å². The number of imidazole rings is 1. The van der Waals surface area contributed by atoms with Crippen LogP contribution in [0, 0.1) is 0 Å². The van der Waals surface area contributed by atoms with E-state index >= 15 is 0 Å². The first-order valence-corrected chi connectivity index (χ1v) is 8.25. The van der Waals surface area contributed by atoms with Crippen LogP contribution in [0.1, 0.15) is 39.9 Å². The Morgan fingerprint density at radius 1 is 1.39 bits per heavy atom. The summed E-state index contributed by atoms with van der Waals surface area (Å²) in [7, 11) is 0. The highest BCUT2D eigenvalue weighted by molar-refractivity contribution is 5.68. The molecule has 6 heteroatoms. The van der Waals surface area contributed by atoms with Crippen LogP contribution >= 0.6 is 0 Å². The van der Waals surface area contributed by atoms with Crippen LogP contribution < -0.4 is 5.32 Å². The average Bonchev–Trinajstić information content (AvgIpc) is 2.93. The largest absolute Gasteiger partial charge is 0.444 e. The number of carbonyl (C=O) groups excluding carboxylic acids is 1. The van der Waals surface area contributed by atoms with E-state index < -0.39 is 5.60 Å². The van der Waals surface area contributed by atoms with E-state index in [-0.39, 0.29) is 6.09 Å². The summed E-state index contributed by atoms with van der Waals surface area (Å²) in [6, 6.07) is 0. The van der Waals surface area contributed by atoms with Gasteiger partial charge in [-0.2, -0.15) is 0 Å². The maximum Gasteiger partial charge on any atom is 0.410 e. The van der Waals surface area contributed by atoms with Gasteiger partial charge in [-0.3, -0.25) is 0 Å². The standard InChI is InChI=1S/C17H28N4O2/c1-5-20-11-8-19-15(20)13-18-12-14-6-9-21(10-7-14)16(22)23-17(2,3)4/h6,8,11,18H,5,7,9-10,12-13H2,1-4H3. The van der Waals surface area contributed by atoms with E-state index in [0.29, 0.717) is 13.1 Å². The van der Waals surface area contributed by atoms with Gasteiger partial charge >= 0.3 is 6.09 Å². The SMILES string of the molecule is CCn1ccnc1CNCC1=CCN(C(=O)OC(C)(C)C)CC1. The molecule has 0 saturated carbocycles. The summed E-state index contributed by atoms with van der Waals surface area (Å²) in [5.74, 6) is 1.05. The first-order valence-electron chi connectivity index (χ1n) is 8.25. The lowest BCUT2D eigenvalue weighted by atomic mass is 10.1. The fourth-order valence-electron chi connectivity index (χ4n) is 2.49. The van der Waals surface area contributed by atoms with Crippen molar-refractivity contribution in [3.8, 4) is 0 Å². The van der Waals surface area contributed by atoms with Gasteiger partial charge in [0.25, 0.3) is 0 Å². The smallest absolute Gasteiger partial charge is 0.410 e. The molecule has 0 radical (unpaired) electrons. The molecule has 1 aliphatic rings. The summed E-state index contributed by atoms with van der Waals surface area (Å²) in [5.41, 5.74) is 0.892. The normalized spacial score (nSPS) is 15.5. The van der Waals surface area contributed by atoms with Crippen molar-refractivity contribution in [3.63, 3.8) is 0 Å². The maximum atomic E-state index is 12.0. The highest BCUT2D eigenvalue weighted by atomic mass is 16.6. The molecule has 0 saturated heterocycles. The van der Waals surface area contributed by atoms with Crippen molar-refractivity contribution in [3.05, 3.63) is 29.9 Å². The third-order valence-corrected chi connectivity index (χ3v) is 3.73. The zero-order chi connectivity index (χ0) is 16.9. The van der Waals surface area contributed by atoms with E-state index in [0.717, 1.165) is 31.9 Å². The van der Waals surface area contributed by atoms with Crippen LogP contribution in [0.5, 0.6) is 0 Å². The van der Waals surface area contributed by atoms with Crippen molar-refractivity contribution in [2.45, 2.75) is 52.8 Å². The molecular weight excluding hydrogens is 292 g/mol. The van der Waals surface area contributed by atoms with Gasteiger partial charge in [0.05, 0.1) is 6.54 Å². The highest BCUT2D eigenvalue weighted by Crippen LogP contribution is 2.15. The molecule has 0 bridgehead atoms. The predicted octanol–water partition coefficient (Wildman–Crippen LogP) is 2.56. The second kappa shape index (κ2) is 7.64. The van der Waals surface area contributed by atoms with E-state index in [1.54, 1.807) is 4.90 Å². The number of carbonyl (C=O) groups is 1. The molecule has 1 amide bonds.